The first-order valence-electron chi connectivity index (χ1n) is 1.18. The lowest BCUT2D eigenvalue weighted by atomic mass is 13.0. The normalized spacial score (nSPS) is 8.38. The number of rotatable bonds is 0. The van der Waals surface area contributed by atoms with Crippen molar-refractivity contribution in [1.29, 1.82) is 0 Å². The Balaban J connectivity index is 0. The average Bonchev–Trinajstić information content (AvgIpc) is 1.27. The van der Waals surface area contributed by atoms with Gasteiger partial charge >= 0.3 is 7.82 Å². The van der Waals surface area contributed by atoms with E-state index in [-0.39, 0.29) is 0 Å². The molecule has 0 rings (SSSR count). The maximum atomic E-state index is 8.88. The van der Waals surface area contributed by atoms with E-state index >= 15 is 0 Å². The lowest BCUT2D eigenvalue weighted by Gasteiger charge is -1.82. The van der Waals surface area contributed by atoms with Gasteiger partial charge in [0, 0.05) is 0 Å². The SMILES string of the molecule is O=P(O)(O)O.[N-]=[N+]=[N-]. The fourth-order valence-electron chi connectivity index (χ4n) is 0. The van der Waals surface area contributed by atoms with Gasteiger partial charge in [0.2, 0.25) is 0 Å². The van der Waals surface area contributed by atoms with Gasteiger partial charge < -0.3 is 25.7 Å². The van der Waals surface area contributed by atoms with Crippen LogP contribution >= 0.6 is 7.82 Å². The van der Waals surface area contributed by atoms with Gasteiger partial charge in [-0.1, -0.05) is 0 Å². The summed E-state index contributed by atoms with van der Waals surface area (Å²) in [5.41, 5.74) is 13.5. The maximum Gasteiger partial charge on any atom is 0.466 e. The van der Waals surface area contributed by atoms with Gasteiger partial charge in [-0.3, -0.25) is 4.91 Å². The van der Waals surface area contributed by atoms with Gasteiger partial charge in [-0.25, -0.2) is 4.57 Å². The minimum atomic E-state index is -4.64. The van der Waals surface area contributed by atoms with Crippen molar-refractivity contribution >= 4 is 7.82 Å². The Morgan fingerprint density at radius 3 is 1.25 bits per heavy atom. The van der Waals surface area contributed by atoms with E-state index in [1.54, 1.807) is 0 Å². The topological polar surface area (TPSA) is 136 Å². The third kappa shape index (κ3) is 315. The Bertz CT molecular complexity index is 109. The molecular formula is H3N3O4P-. The number of nitrogens with zero attached hydrogens (tertiary/aromatic N) is 3. The minimum absolute atomic E-state index is 1.50. The van der Waals surface area contributed by atoms with Crippen LogP contribution < -0.4 is 0 Å². The smallest absolute Gasteiger partial charge is 0.373 e. The van der Waals surface area contributed by atoms with E-state index in [1.807, 2.05) is 0 Å². The molecule has 0 saturated carbocycles. The summed E-state index contributed by atoms with van der Waals surface area (Å²) in [7, 11) is -4.64. The second-order valence-electron chi connectivity index (χ2n) is 0.603. The Morgan fingerprint density at radius 1 is 1.25 bits per heavy atom. The van der Waals surface area contributed by atoms with Crippen LogP contribution in [0, 0.1) is 0 Å². The van der Waals surface area contributed by atoms with E-state index < -0.39 is 7.82 Å². The van der Waals surface area contributed by atoms with E-state index in [0.29, 0.717) is 0 Å². The molecule has 48 valence electrons. The molecule has 0 aliphatic carbocycles. The standard InChI is InChI=1S/N3.H3O4P/c1-3-2;1-5(2,3)4/h;(H3,1,2,3,4)/q-1;. The van der Waals surface area contributed by atoms with Crippen LogP contribution in [0.25, 0.3) is 16.0 Å². The summed E-state index contributed by atoms with van der Waals surface area (Å²) in [5.74, 6) is 0. The largest absolute Gasteiger partial charge is 0.466 e. The summed E-state index contributed by atoms with van der Waals surface area (Å²) >= 11 is 0. The van der Waals surface area contributed by atoms with Crippen LogP contribution in [0.15, 0.2) is 0 Å². The minimum Gasteiger partial charge on any atom is -0.373 e. The zero-order valence-electron chi connectivity index (χ0n) is 3.54. The molecule has 0 radical (unpaired) electrons. The van der Waals surface area contributed by atoms with Gasteiger partial charge in [0.05, 0.1) is 0 Å². The molecule has 0 aliphatic heterocycles. The summed E-state index contributed by atoms with van der Waals surface area (Å²) in [6, 6.07) is 0. The van der Waals surface area contributed by atoms with Crippen LogP contribution in [0.4, 0.5) is 0 Å². The fraction of sp³-hybridized carbons (Fsp3) is 0. The molecule has 8 heteroatoms. The van der Waals surface area contributed by atoms with Crippen LogP contribution in [0.1, 0.15) is 0 Å². The lowest BCUT2D eigenvalue weighted by Crippen LogP contribution is -1.66. The monoisotopic (exact) mass is 140 g/mol. The van der Waals surface area contributed by atoms with Crippen LogP contribution in [0.5, 0.6) is 0 Å². The quantitative estimate of drug-likeness (QED) is 0.188. The molecule has 0 unspecified atom stereocenters. The first-order chi connectivity index (χ1) is 3.41. The third-order valence-electron chi connectivity index (χ3n) is 0. The molecule has 8 heavy (non-hydrogen) atoms. The van der Waals surface area contributed by atoms with Crippen molar-refractivity contribution < 1.29 is 19.2 Å². The van der Waals surface area contributed by atoms with Gasteiger partial charge in [-0.05, 0) is 0 Å². The second-order valence-corrected chi connectivity index (χ2v) is 1.63. The molecule has 0 fully saturated rings. The Hall–Kier alpha value is -0.580. The zero-order valence-corrected chi connectivity index (χ0v) is 4.43. The molecule has 3 N–H and O–H groups in total. The third-order valence-corrected chi connectivity index (χ3v) is 0. The molecule has 0 aromatic heterocycles. The van der Waals surface area contributed by atoms with Crippen molar-refractivity contribution in [2.45, 2.75) is 0 Å². The predicted molar refractivity (Wildman–Crippen MR) is 24.3 cm³/mol. The van der Waals surface area contributed by atoms with Crippen LogP contribution in [-0.2, 0) is 4.57 Å². The van der Waals surface area contributed by atoms with Crippen molar-refractivity contribution in [2.75, 3.05) is 0 Å². The molecular weight excluding hydrogens is 137 g/mol. The van der Waals surface area contributed by atoms with Crippen LogP contribution in [-0.4, -0.2) is 14.7 Å². The zero-order chi connectivity index (χ0) is 7.21. The Morgan fingerprint density at radius 2 is 1.25 bits per heavy atom. The van der Waals surface area contributed by atoms with Gasteiger partial charge in [-0.2, -0.15) is 0 Å². The lowest BCUT2D eigenvalue weighted by molar-refractivity contribution is 0.275. The van der Waals surface area contributed by atoms with E-state index in [1.165, 1.54) is 4.91 Å². The van der Waals surface area contributed by atoms with Crippen LogP contribution in [0.2, 0.25) is 0 Å². The molecule has 0 amide bonds. The Labute approximate surface area is 44.2 Å². The summed E-state index contributed by atoms with van der Waals surface area (Å²) in [6.07, 6.45) is 0. The first-order valence-corrected chi connectivity index (χ1v) is 2.75. The molecule has 0 heterocycles. The molecule has 0 bridgehead atoms. The number of hydrogen-bond donors (Lipinski definition) is 3. The van der Waals surface area contributed by atoms with Crippen molar-refractivity contribution in [2.24, 2.45) is 0 Å². The molecule has 7 nitrogen and oxygen atoms in total. The predicted octanol–water partition coefficient (Wildman–Crippen LogP) is -0.0625. The highest BCUT2D eigenvalue weighted by Gasteiger charge is 2.00. The first kappa shape index (κ1) is 10.4. The van der Waals surface area contributed by atoms with Gasteiger partial charge in [0.1, 0.15) is 0 Å². The van der Waals surface area contributed by atoms with Crippen molar-refractivity contribution in [3.63, 3.8) is 0 Å². The summed E-state index contributed by atoms with van der Waals surface area (Å²) < 4.78 is 8.88. The van der Waals surface area contributed by atoms with E-state index in [9.17, 15) is 0 Å². The maximum absolute atomic E-state index is 8.88. The number of phosphoric acid groups is 1. The molecule has 0 aromatic carbocycles. The highest BCUT2D eigenvalue weighted by molar-refractivity contribution is 7.45. The van der Waals surface area contributed by atoms with Crippen LogP contribution in [0.3, 0.4) is 0 Å². The van der Waals surface area contributed by atoms with Crippen molar-refractivity contribution in [3.8, 4) is 0 Å². The van der Waals surface area contributed by atoms with Gasteiger partial charge in [-0.15, -0.1) is 0 Å². The summed E-state index contributed by atoms with van der Waals surface area (Å²) in [4.78, 5) is 23.1. The van der Waals surface area contributed by atoms with Gasteiger partial charge in [0.25, 0.3) is 0 Å². The summed E-state index contributed by atoms with van der Waals surface area (Å²) in [6.45, 7) is 0. The molecule has 0 aliphatic rings. The number of hydrogen-bond acceptors (Lipinski definition) is 1. The van der Waals surface area contributed by atoms with Crippen molar-refractivity contribution in [1.82, 2.24) is 0 Å². The second kappa shape index (κ2) is 4.58. The average molecular weight is 140 g/mol. The Kier molecular flexibility index (Phi) is 5.95. The van der Waals surface area contributed by atoms with Gasteiger partial charge in [0.15, 0.2) is 0 Å². The van der Waals surface area contributed by atoms with E-state index in [0.717, 1.165) is 0 Å². The van der Waals surface area contributed by atoms with E-state index in [4.69, 9.17) is 30.3 Å². The fourth-order valence-corrected chi connectivity index (χ4v) is 0. The van der Waals surface area contributed by atoms with Crippen molar-refractivity contribution in [3.05, 3.63) is 16.0 Å². The molecule has 0 atom stereocenters. The highest BCUT2D eigenvalue weighted by Crippen LogP contribution is 2.25. The molecule has 0 aromatic rings. The molecule has 0 saturated heterocycles. The summed E-state index contributed by atoms with van der Waals surface area (Å²) in [5, 5.41) is 0. The highest BCUT2D eigenvalue weighted by atomic mass is 31.2. The molecule has 0 spiro atoms. The van der Waals surface area contributed by atoms with E-state index in [2.05, 4.69) is 0 Å².